The lowest BCUT2D eigenvalue weighted by atomic mass is 10.0. The van der Waals surface area contributed by atoms with Crippen LogP contribution in [0.4, 0.5) is 13.2 Å². The van der Waals surface area contributed by atoms with E-state index in [9.17, 15) is 18.0 Å². The van der Waals surface area contributed by atoms with Gasteiger partial charge in [0.2, 0.25) is 0 Å². The van der Waals surface area contributed by atoms with Gasteiger partial charge in [0.1, 0.15) is 0 Å². The lowest BCUT2D eigenvalue weighted by Gasteiger charge is -2.11. The van der Waals surface area contributed by atoms with Gasteiger partial charge in [-0.2, -0.15) is 13.2 Å². The number of esters is 1. The molecule has 0 saturated heterocycles. The van der Waals surface area contributed by atoms with Crippen molar-refractivity contribution in [3.8, 4) is 0 Å². The van der Waals surface area contributed by atoms with E-state index < -0.39 is 17.7 Å². The van der Waals surface area contributed by atoms with E-state index in [0.29, 0.717) is 5.56 Å². The van der Waals surface area contributed by atoms with Crippen molar-refractivity contribution in [1.82, 2.24) is 0 Å². The van der Waals surface area contributed by atoms with Crippen molar-refractivity contribution in [3.05, 3.63) is 34.9 Å². The summed E-state index contributed by atoms with van der Waals surface area (Å²) in [6, 6.07) is 3.11. The van der Waals surface area contributed by atoms with Crippen LogP contribution in [0.1, 0.15) is 21.5 Å². The van der Waals surface area contributed by atoms with Crippen LogP contribution >= 0.6 is 0 Å². The van der Waals surface area contributed by atoms with Crippen LogP contribution < -0.4 is 5.73 Å². The summed E-state index contributed by atoms with van der Waals surface area (Å²) >= 11 is 0. The molecule has 6 heteroatoms. The number of methoxy groups -OCH3 is 1. The van der Waals surface area contributed by atoms with Crippen molar-refractivity contribution >= 4 is 5.97 Å². The summed E-state index contributed by atoms with van der Waals surface area (Å²) in [5, 5.41) is 0. The molecule has 94 valence electrons. The third-order valence-corrected chi connectivity index (χ3v) is 2.17. The second kappa shape index (κ2) is 5.18. The highest BCUT2D eigenvalue weighted by molar-refractivity contribution is 5.89. The van der Waals surface area contributed by atoms with E-state index in [4.69, 9.17) is 5.73 Å². The Balaban J connectivity index is 3.23. The molecule has 2 N–H and O–H groups in total. The average molecular weight is 247 g/mol. The van der Waals surface area contributed by atoms with Gasteiger partial charge in [-0.25, -0.2) is 4.79 Å². The summed E-state index contributed by atoms with van der Waals surface area (Å²) in [5.74, 6) is -0.797. The Morgan fingerprint density at radius 3 is 2.47 bits per heavy atom. The number of carbonyl (C=O) groups excluding carboxylic acids is 1. The van der Waals surface area contributed by atoms with Crippen LogP contribution in [0, 0.1) is 0 Å². The Bertz CT molecular complexity index is 416. The fourth-order valence-corrected chi connectivity index (χ4v) is 1.40. The minimum Gasteiger partial charge on any atom is -0.465 e. The van der Waals surface area contributed by atoms with Gasteiger partial charge in [0.05, 0.1) is 18.2 Å². The van der Waals surface area contributed by atoms with Gasteiger partial charge in [-0.15, -0.1) is 0 Å². The standard InChI is InChI=1S/C11H12F3NO2/c1-17-10(16)8-4-7(2-3-15)5-9(6-8)11(12,13)14/h4-6H,2-3,15H2,1H3. The minimum atomic E-state index is -4.49. The van der Waals surface area contributed by atoms with E-state index in [1.807, 2.05) is 0 Å². The summed E-state index contributed by atoms with van der Waals surface area (Å²) in [5.41, 5.74) is 4.65. The summed E-state index contributed by atoms with van der Waals surface area (Å²) in [4.78, 5) is 11.2. The zero-order chi connectivity index (χ0) is 13.1. The predicted octanol–water partition coefficient (Wildman–Crippen LogP) is 1.99. The lowest BCUT2D eigenvalue weighted by Crippen LogP contribution is -2.11. The van der Waals surface area contributed by atoms with Crippen molar-refractivity contribution in [3.63, 3.8) is 0 Å². The number of alkyl halides is 3. The predicted molar refractivity (Wildman–Crippen MR) is 55.5 cm³/mol. The van der Waals surface area contributed by atoms with E-state index in [-0.39, 0.29) is 18.5 Å². The van der Waals surface area contributed by atoms with Crippen LogP contribution in [-0.2, 0) is 17.3 Å². The molecule has 0 bridgehead atoms. The van der Waals surface area contributed by atoms with Crippen LogP contribution in [0.3, 0.4) is 0 Å². The molecule has 0 spiro atoms. The summed E-state index contributed by atoms with van der Waals surface area (Å²) < 4.78 is 42.1. The molecule has 0 aliphatic heterocycles. The van der Waals surface area contributed by atoms with E-state index >= 15 is 0 Å². The molecule has 0 atom stereocenters. The molecule has 0 aliphatic rings. The minimum absolute atomic E-state index is 0.120. The van der Waals surface area contributed by atoms with Crippen LogP contribution in [0.25, 0.3) is 0 Å². The second-order valence-corrected chi connectivity index (χ2v) is 3.45. The van der Waals surface area contributed by atoms with E-state index in [2.05, 4.69) is 4.74 Å². The summed E-state index contributed by atoms with van der Waals surface area (Å²) in [7, 11) is 1.12. The Labute approximate surface area is 96.4 Å². The highest BCUT2D eigenvalue weighted by atomic mass is 19.4. The maximum Gasteiger partial charge on any atom is 0.416 e. The van der Waals surface area contributed by atoms with Gasteiger partial charge in [-0.1, -0.05) is 0 Å². The Morgan fingerprint density at radius 1 is 1.35 bits per heavy atom. The van der Waals surface area contributed by atoms with E-state index in [1.165, 1.54) is 6.07 Å². The Hall–Kier alpha value is -1.56. The molecule has 0 amide bonds. The second-order valence-electron chi connectivity index (χ2n) is 3.45. The number of nitrogens with two attached hydrogens (primary N) is 1. The largest absolute Gasteiger partial charge is 0.465 e. The van der Waals surface area contributed by atoms with Crippen molar-refractivity contribution in [2.45, 2.75) is 12.6 Å². The van der Waals surface area contributed by atoms with Crippen LogP contribution in [0.5, 0.6) is 0 Å². The number of carbonyl (C=O) groups is 1. The molecule has 0 aliphatic carbocycles. The number of ether oxygens (including phenoxy) is 1. The number of benzene rings is 1. The zero-order valence-corrected chi connectivity index (χ0v) is 9.17. The highest BCUT2D eigenvalue weighted by Gasteiger charge is 2.31. The molecule has 1 rings (SSSR count). The summed E-state index contributed by atoms with van der Waals surface area (Å²) in [6.07, 6.45) is -4.22. The fourth-order valence-electron chi connectivity index (χ4n) is 1.40. The molecular weight excluding hydrogens is 235 g/mol. The van der Waals surface area contributed by atoms with Crippen molar-refractivity contribution in [1.29, 1.82) is 0 Å². The number of hydrogen-bond acceptors (Lipinski definition) is 3. The third-order valence-electron chi connectivity index (χ3n) is 2.17. The molecular formula is C11H12F3NO2. The average Bonchev–Trinajstić information content (AvgIpc) is 2.27. The fraction of sp³-hybridized carbons (Fsp3) is 0.364. The first-order valence-electron chi connectivity index (χ1n) is 4.88. The molecule has 0 fully saturated rings. The number of halogens is 3. The maximum atomic E-state index is 12.6. The van der Waals surface area contributed by atoms with E-state index in [0.717, 1.165) is 19.2 Å². The SMILES string of the molecule is COC(=O)c1cc(CCN)cc(C(F)(F)F)c1. The van der Waals surface area contributed by atoms with Gasteiger partial charge >= 0.3 is 12.1 Å². The van der Waals surface area contributed by atoms with Gasteiger partial charge < -0.3 is 10.5 Å². The van der Waals surface area contributed by atoms with Crippen molar-refractivity contribution in [2.75, 3.05) is 13.7 Å². The smallest absolute Gasteiger partial charge is 0.416 e. The molecule has 0 heterocycles. The number of rotatable bonds is 3. The molecule has 0 saturated carbocycles. The van der Waals surface area contributed by atoms with Crippen LogP contribution in [-0.4, -0.2) is 19.6 Å². The maximum absolute atomic E-state index is 12.6. The summed E-state index contributed by atoms with van der Waals surface area (Å²) in [6.45, 7) is 0.210. The molecule has 0 radical (unpaired) electrons. The quantitative estimate of drug-likeness (QED) is 0.831. The van der Waals surface area contributed by atoms with Crippen molar-refractivity contribution in [2.24, 2.45) is 5.73 Å². The third kappa shape index (κ3) is 3.45. The molecule has 0 unspecified atom stereocenters. The first kappa shape index (κ1) is 13.5. The molecule has 17 heavy (non-hydrogen) atoms. The topological polar surface area (TPSA) is 52.3 Å². The van der Waals surface area contributed by atoms with Crippen LogP contribution in [0.15, 0.2) is 18.2 Å². The van der Waals surface area contributed by atoms with Crippen LogP contribution in [0.2, 0.25) is 0 Å². The molecule has 1 aromatic carbocycles. The number of hydrogen-bond donors (Lipinski definition) is 1. The first-order chi connectivity index (χ1) is 7.88. The lowest BCUT2D eigenvalue weighted by molar-refractivity contribution is -0.137. The monoisotopic (exact) mass is 247 g/mol. The molecule has 0 aromatic heterocycles. The highest BCUT2D eigenvalue weighted by Crippen LogP contribution is 2.30. The van der Waals surface area contributed by atoms with Gasteiger partial charge in [-0.05, 0) is 36.7 Å². The zero-order valence-electron chi connectivity index (χ0n) is 9.17. The Morgan fingerprint density at radius 2 is 2.00 bits per heavy atom. The van der Waals surface area contributed by atoms with Gasteiger partial charge in [0.15, 0.2) is 0 Å². The van der Waals surface area contributed by atoms with Gasteiger partial charge in [-0.3, -0.25) is 0 Å². The van der Waals surface area contributed by atoms with Gasteiger partial charge in [0.25, 0.3) is 0 Å². The van der Waals surface area contributed by atoms with E-state index in [1.54, 1.807) is 0 Å². The Kier molecular flexibility index (Phi) is 4.11. The van der Waals surface area contributed by atoms with Gasteiger partial charge in [0, 0.05) is 0 Å². The van der Waals surface area contributed by atoms with Crippen molar-refractivity contribution < 1.29 is 22.7 Å². The first-order valence-corrected chi connectivity index (χ1v) is 4.88. The normalized spacial score (nSPS) is 11.4. The molecule has 3 nitrogen and oxygen atoms in total. The molecule has 1 aromatic rings.